The Labute approximate surface area is 183 Å². The van der Waals surface area contributed by atoms with Gasteiger partial charge < -0.3 is 19.7 Å². The van der Waals surface area contributed by atoms with Crippen LogP contribution in [0.1, 0.15) is 25.0 Å². The molecule has 0 fully saturated rings. The maximum atomic E-state index is 11.7. The highest BCUT2D eigenvalue weighted by Crippen LogP contribution is 2.35. The van der Waals surface area contributed by atoms with Crippen LogP contribution in [0.4, 0.5) is 0 Å². The molecule has 2 unspecified atom stereocenters. The molecule has 2 N–H and O–H groups in total. The number of rotatable bonds is 4. The summed E-state index contributed by atoms with van der Waals surface area (Å²) >= 11 is 0. The first-order valence-corrected chi connectivity index (χ1v) is 9.56. The Balaban J connectivity index is 0.000000181. The molecule has 164 valence electrons. The molecule has 0 saturated carbocycles. The second-order valence-electron chi connectivity index (χ2n) is 7.36. The van der Waals surface area contributed by atoms with E-state index in [1.54, 1.807) is 62.4 Å². The number of ether oxygens (including phenoxy) is 2. The molecule has 0 amide bonds. The van der Waals surface area contributed by atoms with Crippen molar-refractivity contribution >= 4 is 23.5 Å². The van der Waals surface area contributed by atoms with Gasteiger partial charge in [0, 0.05) is 23.3 Å². The van der Waals surface area contributed by atoms with E-state index in [0.29, 0.717) is 11.1 Å². The molecule has 0 radical (unpaired) electrons. The Morgan fingerprint density at radius 2 is 0.969 bits per heavy atom. The van der Waals surface area contributed by atoms with E-state index >= 15 is 0 Å². The van der Waals surface area contributed by atoms with Gasteiger partial charge in [-0.3, -0.25) is 9.59 Å². The van der Waals surface area contributed by atoms with Crippen LogP contribution in [0.3, 0.4) is 0 Å². The van der Waals surface area contributed by atoms with Crippen molar-refractivity contribution in [1.29, 1.82) is 0 Å². The van der Waals surface area contributed by atoms with E-state index < -0.39 is 23.1 Å². The van der Waals surface area contributed by atoms with Gasteiger partial charge in [-0.15, -0.1) is 0 Å². The van der Waals surface area contributed by atoms with E-state index in [4.69, 9.17) is 19.7 Å². The van der Waals surface area contributed by atoms with Gasteiger partial charge in [0.05, 0.1) is 0 Å². The summed E-state index contributed by atoms with van der Waals surface area (Å²) in [6.45, 7) is 3.13. The van der Waals surface area contributed by atoms with Gasteiger partial charge in [-0.05, 0) is 13.8 Å². The van der Waals surface area contributed by atoms with Crippen molar-refractivity contribution < 1.29 is 38.9 Å². The molecule has 2 atom stereocenters. The number of carboxylic acids is 2. The molecule has 2 aliphatic heterocycles. The van der Waals surface area contributed by atoms with E-state index in [9.17, 15) is 19.2 Å². The van der Waals surface area contributed by atoms with E-state index in [1.807, 2.05) is 12.1 Å². The fourth-order valence-electron chi connectivity index (χ4n) is 3.24. The number of hydrogen-bond donors (Lipinski definition) is 2. The second kappa shape index (κ2) is 8.50. The topological polar surface area (TPSA) is 127 Å². The van der Waals surface area contributed by atoms with Gasteiger partial charge in [0.25, 0.3) is 0 Å². The molecule has 0 aromatic heterocycles. The van der Waals surface area contributed by atoms with Crippen molar-refractivity contribution in [2.75, 3.05) is 0 Å². The minimum atomic E-state index is -1.23. The summed E-state index contributed by atoms with van der Waals surface area (Å²) in [6.07, 6.45) is 2.05. The average Bonchev–Trinajstić information content (AvgIpc) is 3.27. The Kier molecular flexibility index (Phi) is 5.98. The van der Waals surface area contributed by atoms with Crippen LogP contribution in [-0.2, 0) is 39.9 Å². The minimum Gasteiger partial charge on any atom is -0.475 e. The fraction of sp³-hybridized carbons (Fsp3) is 0.167. The van der Waals surface area contributed by atoms with Gasteiger partial charge in [-0.25, -0.2) is 9.59 Å². The number of aliphatic carboxylic acids is 2. The molecule has 0 saturated heterocycles. The third-order valence-corrected chi connectivity index (χ3v) is 5.16. The number of carbonyl (C=O) groups excluding carboxylic acids is 2. The Morgan fingerprint density at radius 3 is 1.22 bits per heavy atom. The van der Waals surface area contributed by atoms with E-state index in [1.165, 1.54) is 0 Å². The highest BCUT2D eigenvalue weighted by atomic mass is 16.5. The van der Waals surface area contributed by atoms with Gasteiger partial charge in [0.15, 0.2) is 11.2 Å². The maximum absolute atomic E-state index is 11.7. The second-order valence-corrected chi connectivity index (χ2v) is 7.36. The zero-order valence-corrected chi connectivity index (χ0v) is 17.3. The molecule has 0 spiro atoms. The molecular weight excluding hydrogens is 416 g/mol. The molecule has 2 heterocycles. The monoisotopic (exact) mass is 436 g/mol. The third kappa shape index (κ3) is 4.15. The lowest BCUT2D eigenvalue weighted by molar-refractivity contribution is -0.142. The summed E-state index contributed by atoms with van der Waals surface area (Å²) in [6, 6.07) is 17.7. The highest BCUT2D eigenvalue weighted by molar-refractivity contribution is 6.06. The third-order valence-electron chi connectivity index (χ3n) is 5.16. The maximum Gasteiger partial charge on any atom is 0.371 e. The minimum absolute atomic E-state index is 0.309. The molecule has 0 aliphatic carbocycles. The van der Waals surface area contributed by atoms with Crippen molar-refractivity contribution in [1.82, 2.24) is 0 Å². The summed E-state index contributed by atoms with van der Waals surface area (Å²) in [5.41, 5.74) is -1.13. The standard InChI is InChI=1S/2C12H10O4/c2*1-12(8-5-3-2-4-6-8)10(13)7-9(16-12)11(14)15/h2*2-7H,1H3,(H,14,15). The number of hydrogen-bond acceptors (Lipinski definition) is 6. The van der Waals surface area contributed by atoms with Gasteiger partial charge >= 0.3 is 11.9 Å². The van der Waals surface area contributed by atoms with E-state index in [2.05, 4.69) is 0 Å². The first-order valence-electron chi connectivity index (χ1n) is 9.56. The molecule has 8 heteroatoms. The Hall–Kier alpha value is -4.20. The van der Waals surface area contributed by atoms with Gasteiger partial charge in [-0.1, -0.05) is 60.7 Å². The lowest BCUT2D eigenvalue weighted by atomic mass is 9.92. The summed E-state index contributed by atoms with van der Waals surface area (Å²) in [5, 5.41) is 17.5. The quantitative estimate of drug-likeness (QED) is 0.749. The number of benzene rings is 2. The summed E-state index contributed by atoms with van der Waals surface area (Å²) in [4.78, 5) is 44.9. The van der Waals surface area contributed by atoms with Gasteiger partial charge in [0.2, 0.25) is 23.1 Å². The van der Waals surface area contributed by atoms with Crippen LogP contribution < -0.4 is 0 Å². The van der Waals surface area contributed by atoms with Crippen molar-refractivity contribution in [3.63, 3.8) is 0 Å². The summed E-state index contributed by atoms with van der Waals surface area (Å²) in [7, 11) is 0. The molecule has 8 nitrogen and oxygen atoms in total. The van der Waals surface area contributed by atoms with Crippen LogP contribution in [0.5, 0.6) is 0 Å². The highest BCUT2D eigenvalue weighted by Gasteiger charge is 2.44. The number of carboxylic acid groups (broad SMARTS) is 2. The zero-order valence-electron chi connectivity index (χ0n) is 17.3. The average molecular weight is 436 g/mol. The molecule has 4 rings (SSSR count). The predicted molar refractivity (Wildman–Crippen MR) is 111 cm³/mol. The van der Waals surface area contributed by atoms with E-state index in [0.717, 1.165) is 12.2 Å². The first-order chi connectivity index (χ1) is 15.1. The van der Waals surface area contributed by atoms with Crippen LogP contribution in [0.15, 0.2) is 84.3 Å². The largest absolute Gasteiger partial charge is 0.475 e. The Bertz CT molecular complexity index is 1040. The normalized spacial score (nSPS) is 23.8. The first kappa shape index (κ1) is 22.5. The van der Waals surface area contributed by atoms with Crippen LogP contribution in [0.25, 0.3) is 0 Å². The lowest BCUT2D eigenvalue weighted by Crippen LogP contribution is -2.30. The Morgan fingerprint density at radius 1 is 0.656 bits per heavy atom. The predicted octanol–water partition coefficient (Wildman–Crippen LogP) is 2.94. The van der Waals surface area contributed by atoms with Gasteiger partial charge in [-0.2, -0.15) is 0 Å². The summed E-state index contributed by atoms with van der Waals surface area (Å²) in [5.74, 6) is -3.78. The molecule has 2 aliphatic rings. The van der Waals surface area contributed by atoms with Crippen LogP contribution in [0, 0.1) is 0 Å². The SMILES string of the molecule is CC1(c2ccccc2)OC(C(=O)O)=CC1=O.CC1(c2ccccc2)OC(C(=O)O)=CC1=O. The van der Waals surface area contributed by atoms with Crippen molar-refractivity contribution in [3.05, 3.63) is 95.5 Å². The smallest absolute Gasteiger partial charge is 0.371 e. The van der Waals surface area contributed by atoms with Crippen LogP contribution in [0.2, 0.25) is 0 Å². The number of ketones is 2. The summed E-state index contributed by atoms with van der Waals surface area (Å²) < 4.78 is 10.4. The molecule has 2 aromatic carbocycles. The molecule has 2 aromatic rings. The van der Waals surface area contributed by atoms with Crippen molar-refractivity contribution in [2.45, 2.75) is 25.0 Å². The van der Waals surface area contributed by atoms with Crippen LogP contribution >= 0.6 is 0 Å². The fourth-order valence-corrected chi connectivity index (χ4v) is 3.24. The molecule has 0 bridgehead atoms. The molecule has 32 heavy (non-hydrogen) atoms. The van der Waals surface area contributed by atoms with Crippen LogP contribution in [-0.4, -0.2) is 33.7 Å². The molecular formula is C24H20O8. The van der Waals surface area contributed by atoms with Gasteiger partial charge in [0.1, 0.15) is 0 Å². The van der Waals surface area contributed by atoms with Crippen molar-refractivity contribution in [3.8, 4) is 0 Å². The van der Waals surface area contributed by atoms with Crippen molar-refractivity contribution in [2.24, 2.45) is 0 Å². The number of carbonyl (C=O) groups is 4. The lowest BCUT2D eigenvalue weighted by Gasteiger charge is -2.23. The van der Waals surface area contributed by atoms with E-state index in [-0.39, 0.29) is 23.1 Å². The zero-order chi connectivity index (χ0) is 23.5.